The van der Waals surface area contributed by atoms with Crippen LogP contribution in [0.1, 0.15) is 51.5 Å². The SMILES string of the molecule is CCOC(=O)c1[nH]c(CNCc2cccc(Cl)c2)c(C(=O)OCC)c1C.Cl. The molecule has 0 aliphatic rings. The number of hydrogen-bond donors (Lipinski definition) is 2. The zero-order valence-corrected chi connectivity index (χ0v) is 17.1. The number of benzene rings is 1. The fraction of sp³-hybridized carbons (Fsp3) is 0.368. The molecule has 0 atom stereocenters. The Labute approximate surface area is 170 Å². The van der Waals surface area contributed by atoms with Crippen LogP contribution in [-0.2, 0) is 22.6 Å². The molecule has 2 aromatic rings. The largest absolute Gasteiger partial charge is 0.462 e. The number of rotatable bonds is 8. The third-order valence-corrected chi connectivity index (χ3v) is 4.04. The van der Waals surface area contributed by atoms with Gasteiger partial charge in [-0.05, 0) is 44.0 Å². The summed E-state index contributed by atoms with van der Waals surface area (Å²) >= 11 is 5.98. The van der Waals surface area contributed by atoms with Crippen LogP contribution in [0.5, 0.6) is 0 Å². The standard InChI is InChI=1S/C19H23ClN2O4.ClH/c1-4-25-18(23)16-12(3)17(19(24)26-5-2)22-15(16)11-21-10-13-7-6-8-14(20)9-13;/h6-9,21-22H,4-5,10-11H2,1-3H3;1H. The lowest BCUT2D eigenvalue weighted by Crippen LogP contribution is -2.16. The minimum Gasteiger partial charge on any atom is -0.462 e. The maximum Gasteiger partial charge on any atom is 0.355 e. The number of aromatic nitrogens is 1. The van der Waals surface area contributed by atoms with Gasteiger partial charge in [0.15, 0.2) is 0 Å². The number of halogens is 2. The van der Waals surface area contributed by atoms with Gasteiger partial charge in [0.2, 0.25) is 0 Å². The molecule has 0 saturated heterocycles. The van der Waals surface area contributed by atoms with Gasteiger partial charge in [0.25, 0.3) is 0 Å². The first-order valence-electron chi connectivity index (χ1n) is 8.48. The number of carbonyl (C=O) groups is 2. The van der Waals surface area contributed by atoms with Crippen molar-refractivity contribution in [2.24, 2.45) is 0 Å². The van der Waals surface area contributed by atoms with E-state index >= 15 is 0 Å². The number of carbonyl (C=O) groups excluding carboxylic acids is 2. The molecule has 0 aliphatic heterocycles. The van der Waals surface area contributed by atoms with Crippen LogP contribution in [0, 0.1) is 6.92 Å². The Morgan fingerprint density at radius 3 is 2.41 bits per heavy atom. The molecule has 1 heterocycles. The van der Waals surface area contributed by atoms with E-state index in [0.29, 0.717) is 34.9 Å². The van der Waals surface area contributed by atoms with E-state index in [1.165, 1.54) is 0 Å². The molecule has 0 radical (unpaired) electrons. The number of aromatic amines is 1. The van der Waals surface area contributed by atoms with Crippen molar-refractivity contribution in [2.75, 3.05) is 13.2 Å². The molecule has 2 rings (SSSR count). The fourth-order valence-corrected chi connectivity index (χ4v) is 2.87. The zero-order chi connectivity index (χ0) is 19.1. The summed E-state index contributed by atoms with van der Waals surface area (Å²) < 4.78 is 10.2. The molecule has 27 heavy (non-hydrogen) atoms. The highest BCUT2D eigenvalue weighted by atomic mass is 35.5. The quantitative estimate of drug-likeness (QED) is 0.636. The normalized spacial score (nSPS) is 10.2. The summed E-state index contributed by atoms with van der Waals surface area (Å²) in [4.78, 5) is 27.4. The topological polar surface area (TPSA) is 80.4 Å². The average Bonchev–Trinajstić information content (AvgIpc) is 2.92. The number of hydrogen-bond acceptors (Lipinski definition) is 5. The van der Waals surface area contributed by atoms with Crippen LogP contribution in [0.15, 0.2) is 24.3 Å². The third-order valence-electron chi connectivity index (χ3n) is 3.81. The van der Waals surface area contributed by atoms with Crippen LogP contribution in [-0.4, -0.2) is 30.1 Å². The van der Waals surface area contributed by atoms with Gasteiger partial charge in [-0.25, -0.2) is 9.59 Å². The molecule has 0 fully saturated rings. The molecule has 0 spiro atoms. The summed E-state index contributed by atoms with van der Waals surface area (Å²) in [5, 5.41) is 3.91. The van der Waals surface area contributed by atoms with Crippen LogP contribution in [0.3, 0.4) is 0 Å². The lowest BCUT2D eigenvalue weighted by Gasteiger charge is -2.07. The minimum absolute atomic E-state index is 0. The van der Waals surface area contributed by atoms with Crippen molar-refractivity contribution in [1.82, 2.24) is 10.3 Å². The van der Waals surface area contributed by atoms with Crippen LogP contribution in [0.2, 0.25) is 5.02 Å². The molecule has 0 aliphatic carbocycles. The molecule has 0 amide bonds. The first-order valence-corrected chi connectivity index (χ1v) is 8.86. The Morgan fingerprint density at radius 1 is 1.11 bits per heavy atom. The molecular formula is C19H24Cl2N2O4. The van der Waals surface area contributed by atoms with E-state index in [-0.39, 0.29) is 31.3 Å². The van der Waals surface area contributed by atoms with Gasteiger partial charge in [-0.3, -0.25) is 0 Å². The fourth-order valence-electron chi connectivity index (χ4n) is 2.66. The lowest BCUT2D eigenvalue weighted by atomic mass is 10.1. The number of esters is 2. The molecule has 1 aromatic carbocycles. The van der Waals surface area contributed by atoms with Crippen LogP contribution in [0.4, 0.5) is 0 Å². The second-order valence-corrected chi connectivity index (χ2v) is 6.09. The summed E-state index contributed by atoms with van der Waals surface area (Å²) in [6.07, 6.45) is 0. The number of H-pyrrole nitrogens is 1. The van der Waals surface area contributed by atoms with E-state index in [1.807, 2.05) is 24.3 Å². The molecule has 8 heteroatoms. The number of nitrogens with one attached hydrogen (secondary N) is 2. The maximum absolute atomic E-state index is 12.3. The summed E-state index contributed by atoms with van der Waals surface area (Å²) in [7, 11) is 0. The molecular weight excluding hydrogens is 391 g/mol. The van der Waals surface area contributed by atoms with E-state index in [2.05, 4.69) is 10.3 Å². The van der Waals surface area contributed by atoms with Crippen LogP contribution < -0.4 is 5.32 Å². The number of ether oxygens (including phenoxy) is 2. The molecule has 6 nitrogen and oxygen atoms in total. The molecule has 0 saturated carbocycles. The zero-order valence-electron chi connectivity index (χ0n) is 15.6. The summed E-state index contributed by atoms with van der Waals surface area (Å²) in [6.45, 7) is 6.62. The average molecular weight is 415 g/mol. The Balaban J connectivity index is 0.00000364. The van der Waals surface area contributed by atoms with Crippen molar-refractivity contribution in [3.8, 4) is 0 Å². The van der Waals surface area contributed by atoms with Gasteiger partial charge in [0, 0.05) is 23.8 Å². The van der Waals surface area contributed by atoms with Gasteiger partial charge in [-0.2, -0.15) is 0 Å². The third kappa shape index (κ3) is 5.99. The monoisotopic (exact) mass is 414 g/mol. The highest BCUT2D eigenvalue weighted by molar-refractivity contribution is 6.30. The van der Waals surface area contributed by atoms with Crippen molar-refractivity contribution in [3.63, 3.8) is 0 Å². The van der Waals surface area contributed by atoms with Gasteiger partial charge in [0.05, 0.1) is 18.8 Å². The van der Waals surface area contributed by atoms with Crippen LogP contribution in [0.25, 0.3) is 0 Å². The smallest absolute Gasteiger partial charge is 0.355 e. The van der Waals surface area contributed by atoms with Gasteiger partial charge >= 0.3 is 11.9 Å². The van der Waals surface area contributed by atoms with E-state index in [4.69, 9.17) is 21.1 Å². The Hall–Kier alpha value is -2.02. The van der Waals surface area contributed by atoms with Crippen molar-refractivity contribution < 1.29 is 19.1 Å². The summed E-state index contributed by atoms with van der Waals surface area (Å²) in [5.41, 5.74) is 2.78. The predicted octanol–water partition coefficient (Wildman–Crippen LogP) is 4.04. The van der Waals surface area contributed by atoms with Gasteiger partial charge in [-0.15, -0.1) is 12.4 Å². The van der Waals surface area contributed by atoms with Crippen molar-refractivity contribution in [1.29, 1.82) is 0 Å². The maximum atomic E-state index is 12.3. The lowest BCUT2D eigenvalue weighted by molar-refractivity contribution is 0.0517. The van der Waals surface area contributed by atoms with Gasteiger partial charge in [-0.1, -0.05) is 23.7 Å². The first kappa shape index (κ1) is 23.0. The first-order chi connectivity index (χ1) is 12.5. The molecule has 1 aromatic heterocycles. The van der Waals surface area contributed by atoms with Crippen LogP contribution >= 0.6 is 24.0 Å². The Bertz CT molecular complexity index is 790. The predicted molar refractivity (Wildman–Crippen MR) is 107 cm³/mol. The van der Waals surface area contributed by atoms with E-state index in [1.54, 1.807) is 20.8 Å². The van der Waals surface area contributed by atoms with Gasteiger partial charge < -0.3 is 19.8 Å². The highest BCUT2D eigenvalue weighted by Crippen LogP contribution is 2.21. The van der Waals surface area contributed by atoms with Crippen molar-refractivity contribution in [2.45, 2.75) is 33.9 Å². The Kier molecular flexibility index (Phi) is 9.35. The molecule has 2 N–H and O–H groups in total. The molecule has 0 bridgehead atoms. The molecule has 148 valence electrons. The van der Waals surface area contributed by atoms with Crippen molar-refractivity contribution >= 4 is 35.9 Å². The summed E-state index contributed by atoms with van der Waals surface area (Å²) in [6, 6.07) is 7.50. The van der Waals surface area contributed by atoms with E-state index in [9.17, 15) is 9.59 Å². The van der Waals surface area contributed by atoms with Crippen molar-refractivity contribution in [3.05, 3.63) is 57.4 Å². The minimum atomic E-state index is -0.489. The van der Waals surface area contributed by atoms with E-state index in [0.717, 1.165) is 5.56 Å². The van der Waals surface area contributed by atoms with E-state index < -0.39 is 11.9 Å². The van der Waals surface area contributed by atoms with Gasteiger partial charge in [0.1, 0.15) is 5.69 Å². The Morgan fingerprint density at radius 2 is 1.78 bits per heavy atom. The second-order valence-electron chi connectivity index (χ2n) is 5.65. The molecule has 0 unspecified atom stereocenters. The summed E-state index contributed by atoms with van der Waals surface area (Å²) in [5.74, 6) is -0.951. The highest BCUT2D eigenvalue weighted by Gasteiger charge is 2.25. The second kappa shape index (κ2) is 11.0.